The lowest BCUT2D eigenvalue weighted by atomic mass is 10.0. The molecule has 0 aliphatic heterocycles. The quantitative estimate of drug-likeness (QED) is 0.772. The summed E-state index contributed by atoms with van der Waals surface area (Å²) in [5.74, 6) is 0.0412. The first-order chi connectivity index (χ1) is 8.59. The Morgan fingerprint density at radius 2 is 1.56 bits per heavy atom. The first-order valence-corrected chi connectivity index (χ1v) is 6.00. The fourth-order valence-electron chi connectivity index (χ4n) is 1.91. The Morgan fingerprint density at radius 1 is 1.00 bits per heavy atom. The molecule has 1 aliphatic rings. The second-order valence-corrected chi connectivity index (χ2v) is 4.42. The van der Waals surface area contributed by atoms with Gasteiger partial charge in [-0.15, -0.1) is 0 Å². The first kappa shape index (κ1) is 12.4. The molecule has 2 heteroatoms. The highest BCUT2D eigenvalue weighted by Crippen LogP contribution is 2.24. The summed E-state index contributed by atoms with van der Waals surface area (Å²) in [6.45, 7) is 3.67. The molecule has 1 aliphatic carbocycles. The van der Waals surface area contributed by atoms with Crippen LogP contribution in [-0.4, -0.2) is 13.0 Å². The van der Waals surface area contributed by atoms with E-state index in [0.717, 1.165) is 5.69 Å². The van der Waals surface area contributed by atoms with Crippen molar-refractivity contribution in [2.45, 2.75) is 13.8 Å². The number of nitrogens with zero attached hydrogens (tertiary/aromatic N) is 1. The number of carbonyl (C=O) groups excluding carboxylic acids is 1. The third-order valence-corrected chi connectivity index (χ3v) is 3.26. The number of hydrogen-bond donors (Lipinski definition) is 0. The van der Waals surface area contributed by atoms with Crippen LogP contribution in [0.1, 0.15) is 19.4 Å². The predicted octanol–water partition coefficient (Wildman–Crippen LogP) is 3.57. The van der Waals surface area contributed by atoms with Crippen LogP contribution in [0.25, 0.3) is 5.57 Å². The molecule has 92 valence electrons. The maximum atomic E-state index is 11.3. The van der Waals surface area contributed by atoms with Crippen LogP contribution in [0.4, 0.5) is 5.69 Å². The molecule has 1 amide bonds. The van der Waals surface area contributed by atoms with E-state index in [0.29, 0.717) is 0 Å². The summed E-state index contributed by atoms with van der Waals surface area (Å²) in [4.78, 5) is 12.9. The molecular weight excluding hydrogens is 222 g/mol. The molecule has 0 saturated heterocycles. The molecule has 0 saturated carbocycles. The zero-order valence-corrected chi connectivity index (χ0v) is 11.0. The van der Waals surface area contributed by atoms with Gasteiger partial charge in [-0.1, -0.05) is 36.4 Å². The topological polar surface area (TPSA) is 20.3 Å². The third kappa shape index (κ3) is 2.43. The van der Waals surface area contributed by atoms with E-state index in [1.54, 1.807) is 18.9 Å². The van der Waals surface area contributed by atoms with Gasteiger partial charge in [0.05, 0.1) is 0 Å². The highest BCUT2D eigenvalue weighted by Gasteiger charge is 2.06. The van der Waals surface area contributed by atoms with Gasteiger partial charge in [-0.2, -0.15) is 0 Å². The molecule has 0 unspecified atom stereocenters. The van der Waals surface area contributed by atoms with Gasteiger partial charge in [0.2, 0.25) is 5.91 Å². The average molecular weight is 239 g/mol. The number of hydrogen-bond acceptors (Lipinski definition) is 1. The summed E-state index contributed by atoms with van der Waals surface area (Å²) in [5, 5.41) is 0. The van der Waals surface area contributed by atoms with Crippen molar-refractivity contribution >= 4 is 17.2 Å². The summed E-state index contributed by atoms with van der Waals surface area (Å²) in [7, 11) is 1.78. The van der Waals surface area contributed by atoms with Gasteiger partial charge in [-0.3, -0.25) is 4.79 Å². The van der Waals surface area contributed by atoms with Gasteiger partial charge in [0.15, 0.2) is 0 Å². The lowest BCUT2D eigenvalue weighted by Gasteiger charge is -2.15. The SMILES string of the molecule is CC(=O)N(C)c1ccc(C(C)=C2C=CC=C2)cc1. The van der Waals surface area contributed by atoms with E-state index in [4.69, 9.17) is 0 Å². The number of carbonyl (C=O) groups is 1. The molecule has 0 fully saturated rings. The Balaban J connectivity index is 2.28. The van der Waals surface area contributed by atoms with Crippen molar-refractivity contribution in [3.8, 4) is 0 Å². The molecular formula is C16H17NO. The Hall–Kier alpha value is -2.09. The fourth-order valence-corrected chi connectivity index (χ4v) is 1.91. The lowest BCUT2D eigenvalue weighted by Crippen LogP contribution is -2.22. The van der Waals surface area contributed by atoms with Crippen LogP contribution in [0, 0.1) is 0 Å². The number of rotatable bonds is 2. The normalized spacial score (nSPS) is 12.9. The summed E-state index contributed by atoms with van der Waals surface area (Å²) < 4.78 is 0. The van der Waals surface area contributed by atoms with Crippen molar-refractivity contribution in [2.75, 3.05) is 11.9 Å². The molecule has 2 nitrogen and oxygen atoms in total. The molecule has 0 aromatic heterocycles. The molecule has 0 atom stereocenters. The van der Waals surface area contributed by atoms with Crippen LogP contribution < -0.4 is 4.90 Å². The van der Waals surface area contributed by atoms with Crippen molar-refractivity contribution < 1.29 is 4.79 Å². The summed E-state index contributed by atoms with van der Waals surface area (Å²) in [6.07, 6.45) is 8.28. The lowest BCUT2D eigenvalue weighted by molar-refractivity contribution is -0.116. The van der Waals surface area contributed by atoms with Gasteiger partial charge in [0.1, 0.15) is 0 Å². The van der Waals surface area contributed by atoms with Gasteiger partial charge in [0, 0.05) is 19.7 Å². The van der Waals surface area contributed by atoms with Gasteiger partial charge in [-0.05, 0) is 35.8 Å². The van der Waals surface area contributed by atoms with E-state index >= 15 is 0 Å². The van der Waals surface area contributed by atoms with Crippen LogP contribution in [0.2, 0.25) is 0 Å². The minimum Gasteiger partial charge on any atom is -0.316 e. The van der Waals surface area contributed by atoms with Gasteiger partial charge in [-0.25, -0.2) is 0 Å². The molecule has 1 aromatic carbocycles. The third-order valence-electron chi connectivity index (χ3n) is 3.26. The summed E-state index contributed by atoms with van der Waals surface area (Å²) in [6, 6.07) is 8.06. The summed E-state index contributed by atoms with van der Waals surface area (Å²) in [5.41, 5.74) is 4.59. The number of amides is 1. The van der Waals surface area contributed by atoms with E-state index in [1.807, 2.05) is 24.3 Å². The standard InChI is InChI=1S/C16H17NO/c1-12(14-6-4-5-7-14)15-8-10-16(11-9-15)17(3)13(2)18/h4-11H,1-3H3. The van der Waals surface area contributed by atoms with E-state index < -0.39 is 0 Å². The fraction of sp³-hybridized carbons (Fsp3) is 0.188. The van der Waals surface area contributed by atoms with Crippen molar-refractivity contribution in [3.05, 3.63) is 59.7 Å². The van der Waals surface area contributed by atoms with E-state index in [9.17, 15) is 4.79 Å². The van der Waals surface area contributed by atoms with Crippen LogP contribution in [-0.2, 0) is 4.79 Å². The monoisotopic (exact) mass is 239 g/mol. The van der Waals surface area contributed by atoms with Crippen molar-refractivity contribution in [1.29, 1.82) is 0 Å². The molecule has 0 radical (unpaired) electrons. The number of allylic oxidation sites excluding steroid dienone is 6. The zero-order valence-electron chi connectivity index (χ0n) is 11.0. The number of benzene rings is 1. The molecule has 1 aromatic rings. The Labute approximate surface area is 108 Å². The second kappa shape index (κ2) is 5.05. The van der Waals surface area contributed by atoms with Crippen molar-refractivity contribution in [2.24, 2.45) is 0 Å². The van der Waals surface area contributed by atoms with Crippen LogP contribution in [0.3, 0.4) is 0 Å². The molecule has 18 heavy (non-hydrogen) atoms. The van der Waals surface area contributed by atoms with Gasteiger partial charge < -0.3 is 4.90 Å². The van der Waals surface area contributed by atoms with E-state index in [1.165, 1.54) is 16.7 Å². The van der Waals surface area contributed by atoms with Crippen LogP contribution in [0.15, 0.2) is 54.1 Å². The molecule has 0 heterocycles. The highest BCUT2D eigenvalue weighted by atomic mass is 16.2. The molecule has 0 bridgehead atoms. The van der Waals surface area contributed by atoms with E-state index in [2.05, 4.69) is 31.2 Å². The minimum absolute atomic E-state index is 0.0412. The first-order valence-electron chi connectivity index (χ1n) is 6.00. The molecule has 0 N–H and O–H groups in total. The van der Waals surface area contributed by atoms with Gasteiger partial charge >= 0.3 is 0 Å². The molecule has 2 rings (SSSR count). The Morgan fingerprint density at radius 3 is 2.06 bits per heavy atom. The second-order valence-electron chi connectivity index (χ2n) is 4.42. The Bertz CT molecular complexity index is 533. The maximum absolute atomic E-state index is 11.3. The number of anilines is 1. The van der Waals surface area contributed by atoms with Crippen molar-refractivity contribution in [1.82, 2.24) is 0 Å². The average Bonchev–Trinajstić information content (AvgIpc) is 2.91. The molecule has 0 spiro atoms. The smallest absolute Gasteiger partial charge is 0.223 e. The van der Waals surface area contributed by atoms with Crippen LogP contribution in [0.5, 0.6) is 0 Å². The minimum atomic E-state index is 0.0412. The largest absolute Gasteiger partial charge is 0.316 e. The van der Waals surface area contributed by atoms with Crippen molar-refractivity contribution in [3.63, 3.8) is 0 Å². The zero-order chi connectivity index (χ0) is 13.1. The summed E-state index contributed by atoms with van der Waals surface area (Å²) >= 11 is 0. The highest BCUT2D eigenvalue weighted by molar-refractivity contribution is 5.91. The van der Waals surface area contributed by atoms with E-state index in [-0.39, 0.29) is 5.91 Å². The maximum Gasteiger partial charge on any atom is 0.223 e. The predicted molar refractivity (Wildman–Crippen MR) is 76.4 cm³/mol. The van der Waals surface area contributed by atoms with Crippen LogP contribution >= 0.6 is 0 Å². The van der Waals surface area contributed by atoms with Gasteiger partial charge in [0.25, 0.3) is 0 Å². The Kier molecular flexibility index (Phi) is 3.47.